The van der Waals surface area contributed by atoms with Gasteiger partial charge in [0.15, 0.2) is 0 Å². The summed E-state index contributed by atoms with van der Waals surface area (Å²) in [5.74, 6) is 0.477. The molecule has 1 N–H and O–H groups in total. The van der Waals surface area contributed by atoms with Gasteiger partial charge in [0, 0.05) is 31.7 Å². The Labute approximate surface area is 122 Å². The third-order valence-corrected chi connectivity index (χ3v) is 4.72. The maximum Gasteiger partial charge on any atom is 0.227 e. The van der Waals surface area contributed by atoms with E-state index in [-0.39, 0.29) is 23.7 Å². The molecule has 2 rings (SSSR count). The van der Waals surface area contributed by atoms with Crippen LogP contribution in [0.5, 0.6) is 0 Å². The Morgan fingerprint density at radius 3 is 2.63 bits per heavy atom. The van der Waals surface area contributed by atoms with Crippen molar-refractivity contribution >= 4 is 18.3 Å². The van der Waals surface area contributed by atoms with Gasteiger partial charge in [-0.05, 0) is 26.3 Å². The number of nitrogens with zero attached hydrogens (tertiary/aromatic N) is 1. The third-order valence-electron chi connectivity index (χ3n) is 4.72. The van der Waals surface area contributed by atoms with Crippen LogP contribution in [0.1, 0.15) is 33.6 Å². The van der Waals surface area contributed by atoms with Crippen molar-refractivity contribution in [1.82, 2.24) is 10.2 Å². The summed E-state index contributed by atoms with van der Waals surface area (Å²) in [5, 5.41) is 3.26. The molecule has 3 atom stereocenters. The van der Waals surface area contributed by atoms with Gasteiger partial charge in [0.1, 0.15) is 0 Å². The molecule has 1 saturated heterocycles. The van der Waals surface area contributed by atoms with E-state index in [1.807, 2.05) is 18.9 Å². The maximum absolute atomic E-state index is 12.4. The van der Waals surface area contributed by atoms with Gasteiger partial charge < -0.3 is 15.0 Å². The van der Waals surface area contributed by atoms with Gasteiger partial charge in [-0.2, -0.15) is 0 Å². The molecule has 112 valence electrons. The van der Waals surface area contributed by atoms with Crippen LogP contribution in [0.2, 0.25) is 0 Å². The van der Waals surface area contributed by atoms with Gasteiger partial charge in [0.25, 0.3) is 0 Å². The molecule has 0 aromatic carbocycles. The predicted octanol–water partition coefficient (Wildman–Crippen LogP) is 1.68. The second kappa shape index (κ2) is 6.42. The lowest BCUT2D eigenvalue weighted by Crippen LogP contribution is -2.63. The maximum atomic E-state index is 12.4. The number of nitrogens with one attached hydrogen (secondary N) is 1. The Bertz CT molecular complexity index is 317. The van der Waals surface area contributed by atoms with Crippen LogP contribution in [-0.4, -0.2) is 49.7 Å². The Morgan fingerprint density at radius 1 is 1.47 bits per heavy atom. The van der Waals surface area contributed by atoms with Gasteiger partial charge >= 0.3 is 0 Å². The normalized spacial score (nSPS) is 32.3. The number of rotatable bonds is 4. The molecule has 4 nitrogen and oxygen atoms in total. The van der Waals surface area contributed by atoms with Crippen LogP contribution in [-0.2, 0) is 9.53 Å². The summed E-state index contributed by atoms with van der Waals surface area (Å²) < 4.78 is 5.73. The molecule has 1 heterocycles. The highest BCUT2D eigenvalue weighted by atomic mass is 35.5. The highest BCUT2D eigenvalue weighted by Crippen LogP contribution is 2.45. The van der Waals surface area contributed by atoms with Crippen LogP contribution in [0.25, 0.3) is 0 Å². The average molecular weight is 291 g/mol. The van der Waals surface area contributed by atoms with E-state index in [9.17, 15) is 4.79 Å². The molecule has 5 heteroatoms. The molecule has 1 saturated carbocycles. The number of hydrogen-bond donors (Lipinski definition) is 1. The zero-order valence-corrected chi connectivity index (χ0v) is 13.3. The lowest BCUT2D eigenvalue weighted by Gasteiger charge is -2.55. The van der Waals surface area contributed by atoms with Gasteiger partial charge in [-0.1, -0.05) is 13.8 Å². The standard InChI is InChI=1S/C14H26N2O2.ClH/c1-5-18-12-8-11(14(12,2)3)16(4)13(17)10-6-7-15-9-10;/h10-12,15H,5-9H2,1-4H3;1H. The van der Waals surface area contributed by atoms with Crippen LogP contribution in [0.4, 0.5) is 0 Å². The van der Waals surface area contributed by atoms with Crippen molar-refractivity contribution in [3.05, 3.63) is 0 Å². The minimum absolute atomic E-state index is 0. The summed E-state index contributed by atoms with van der Waals surface area (Å²) in [6.45, 7) is 9.01. The highest BCUT2D eigenvalue weighted by molar-refractivity contribution is 5.85. The van der Waals surface area contributed by atoms with Gasteiger partial charge in [0.2, 0.25) is 5.91 Å². The first-order chi connectivity index (χ1) is 8.48. The molecule has 19 heavy (non-hydrogen) atoms. The van der Waals surface area contributed by atoms with E-state index in [0.29, 0.717) is 18.1 Å². The molecule has 0 spiro atoms. The highest BCUT2D eigenvalue weighted by Gasteiger charge is 2.52. The van der Waals surface area contributed by atoms with Crippen molar-refractivity contribution in [2.75, 3.05) is 26.7 Å². The second-order valence-electron chi connectivity index (χ2n) is 6.16. The second-order valence-corrected chi connectivity index (χ2v) is 6.16. The number of halogens is 1. The number of hydrogen-bond acceptors (Lipinski definition) is 3. The molecule has 3 unspecified atom stereocenters. The fourth-order valence-corrected chi connectivity index (χ4v) is 3.31. The Morgan fingerprint density at radius 2 is 2.16 bits per heavy atom. The first-order valence-corrected chi connectivity index (χ1v) is 7.07. The monoisotopic (exact) mass is 290 g/mol. The van der Waals surface area contributed by atoms with Gasteiger partial charge in [-0.15, -0.1) is 12.4 Å². The van der Waals surface area contributed by atoms with E-state index < -0.39 is 0 Å². The van der Waals surface area contributed by atoms with E-state index in [4.69, 9.17) is 4.74 Å². The van der Waals surface area contributed by atoms with Crippen LogP contribution < -0.4 is 5.32 Å². The summed E-state index contributed by atoms with van der Waals surface area (Å²) in [6.07, 6.45) is 2.25. The molecular weight excluding hydrogens is 264 g/mol. The molecule has 0 radical (unpaired) electrons. The van der Waals surface area contributed by atoms with Crippen molar-refractivity contribution in [3.63, 3.8) is 0 Å². The molecule has 2 fully saturated rings. The first kappa shape index (κ1) is 16.7. The van der Waals surface area contributed by atoms with Crippen molar-refractivity contribution in [2.45, 2.75) is 45.8 Å². The number of carbonyl (C=O) groups excluding carboxylic acids is 1. The summed E-state index contributed by atoms with van der Waals surface area (Å²) >= 11 is 0. The fourth-order valence-electron chi connectivity index (χ4n) is 3.31. The Kier molecular flexibility index (Phi) is 5.65. The third kappa shape index (κ3) is 3.06. The average Bonchev–Trinajstić information content (AvgIpc) is 2.86. The first-order valence-electron chi connectivity index (χ1n) is 7.07. The predicted molar refractivity (Wildman–Crippen MR) is 78.6 cm³/mol. The summed E-state index contributed by atoms with van der Waals surface area (Å²) in [6, 6.07) is 0.321. The molecular formula is C14H27ClN2O2. The molecule has 0 bridgehead atoms. The molecule has 0 aromatic rings. The van der Waals surface area contributed by atoms with Crippen molar-refractivity contribution in [1.29, 1.82) is 0 Å². The van der Waals surface area contributed by atoms with Crippen molar-refractivity contribution in [2.24, 2.45) is 11.3 Å². The fraction of sp³-hybridized carbons (Fsp3) is 0.929. The summed E-state index contributed by atoms with van der Waals surface area (Å²) in [7, 11) is 1.95. The van der Waals surface area contributed by atoms with Gasteiger partial charge in [-0.25, -0.2) is 0 Å². The topological polar surface area (TPSA) is 41.6 Å². The van der Waals surface area contributed by atoms with Gasteiger partial charge in [-0.3, -0.25) is 4.79 Å². The largest absolute Gasteiger partial charge is 0.378 e. The van der Waals surface area contributed by atoms with Crippen LogP contribution >= 0.6 is 12.4 Å². The van der Waals surface area contributed by atoms with Gasteiger partial charge in [0.05, 0.1) is 12.0 Å². The smallest absolute Gasteiger partial charge is 0.227 e. The van der Waals surface area contributed by atoms with E-state index in [1.54, 1.807) is 0 Å². The van der Waals surface area contributed by atoms with E-state index in [1.165, 1.54) is 0 Å². The van der Waals surface area contributed by atoms with Crippen molar-refractivity contribution in [3.8, 4) is 0 Å². The van der Waals surface area contributed by atoms with E-state index in [2.05, 4.69) is 19.2 Å². The number of carbonyl (C=O) groups is 1. The van der Waals surface area contributed by atoms with Crippen molar-refractivity contribution < 1.29 is 9.53 Å². The molecule has 0 aromatic heterocycles. The zero-order valence-electron chi connectivity index (χ0n) is 12.4. The molecule has 1 aliphatic heterocycles. The van der Waals surface area contributed by atoms with E-state index in [0.717, 1.165) is 32.5 Å². The number of amides is 1. The van der Waals surface area contributed by atoms with Crippen LogP contribution in [0.15, 0.2) is 0 Å². The molecule has 2 aliphatic rings. The minimum Gasteiger partial charge on any atom is -0.378 e. The Hall–Kier alpha value is -0.320. The minimum atomic E-state index is 0. The molecule has 1 aliphatic carbocycles. The Balaban J connectivity index is 0.00000180. The van der Waals surface area contributed by atoms with Crippen LogP contribution in [0, 0.1) is 11.3 Å². The lowest BCUT2D eigenvalue weighted by molar-refractivity contribution is -0.165. The van der Waals surface area contributed by atoms with E-state index >= 15 is 0 Å². The SMILES string of the molecule is CCOC1CC(N(C)C(=O)C2CCNC2)C1(C)C.Cl. The quantitative estimate of drug-likeness (QED) is 0.856. The summed E-state index contributed by atoms with van der Waals surface area (Å²) in [4.78, 5) is 14.3. The zero-order chi connectivity index (χ0) is 13.3. The number of ether oxygens (including phenoxy) is 1. The molecule has 1 amide bonds. The summed E-state index contributed by atoms with van der Waals surface area (Å²) in [5.41, 5.74) is 0.0758. The lowest BCUT2D eigenvalue weighted by atomic mass is 9.63. The van der Waals surface area contributed by atoms with Crippen LogP contribution in [0.3, 0.4) is 0 Å².